The van der Waals surface area contributed by atoms with Crippen LogP contribution in [-0.4, -0.2) is 32.1 Å². The van der Waals surface area contributed by atoms with Gasteiger partial charge in [0.05, 0.1) is 0 Å². The molecule has 0 aliphatic rings. The van der Waals surface area contributed by atoms with Crippen molar-refractivity contribution in [2.75, 3.05) is 27.2 Å². The van der Waals surface area contributed by atoms with E-state index in [9.17, 15) is 0 Å². The molecule has 0 aliphatic heterocycles. The first-order valence-electron chi connectivity index (χ1n) is 6.72. The van der Waals surface area contributed by atoms with E-state index in [0.29, 0.717) is 5.41 Å². The summed E-state index contributed by atoms with van der Waals surface area (Å²) in [5.41, 5.74) is 4.51. The first kappa shape index (κ1) is 15.2. The number of benzene rings is 1. The molecule has 0 radical (unpaired) electrons. The van der Waals surface area contributed by atoms with Gasteiger partial charge in [0.15, 0.2) is 0 Å². The molecule has 0 spiro atoms. The van der Waals surface area contributed by atoms with Gasteiger partial charge in [-0.25, -0.2) is 0 Å². The average molecular weight is 248 g/mol. The number of nitrogens with zero attached hydrogens (tertiary/aromatic N) is 1. The molecule has 18 heavy (non-hydrogen) atoms. The van der Waals surface area contributed by atoms with Crippen LogP contribution >= 0.6 is 0 Å². The van der Waals surface area contributed by atoms with E-state index in [1.807, 2.05) is 0 Å². The van der Waals surface area contributed by atoms with Crippen molar-refractivity contribution in [1.82, 2.24) is 10.2 Å². The lowest BCUT2D eigenvalue weighted by Gasteiger charge is -2.28. The first-order chi connectivity index (χ1) is 8.32. The molecule has 1 aromatic rings. The van der Waals surface area contributed by atoms with Crippen LogP contribution < -0.4 is 5.32 Å². The van der Waals surface area contributed by atoms with E-state index in [1.54, 1.807) is 0 Å². The summed E-state index contributed by atoms with van der Waals surface area (Å²) in [7, 11) is 4.26. The first-order valence-corrected chi connectivity index (χ1v) is 6.72. The summed E-state index contributed by atoms with van der Waals surface area (Å²) in [4.78, 5) is 2.25. The second-order valence-electron chi connectivity index (χ2n) is 6.38. The molecule has 0 saturated carbocycles. The minimum atomic E-state index is 0.306. The van der Waals surface area contributed by atoms with Gasteiger partial charge in [0.25, 0.3) is 0 Å². The van der Waals surface area contributed by atoms with Crippen LogP contribution in [0.2, 0.25) is 0 Å². The summed E-state index contributed by atoms with van der Waals surface area (Å²) in [5, 5.41) is 3.60. The van der Waals surface area contributed by atoms with Gasteiger partial charge < -0.3 is 10.2 Å². The fourth-order valence-corrected chi connectivity index (χ4v) is 2.57. The van der Waals surface area contributed by atoms with E-state index >= 15 is 0 Å². The van der Waals surface area contributed by atoms with Gasteiger partial charge in [-0.15, -0.1) is 0 Å². The second kappa shape index (κ2) is 6.35. The van der Waals surface area contributed by atoms with Gasteiger partial charge in [0.2, 0.25) is 0 Å². The number of aryl methyl sites for hydroxylation is 2. The van der Waals surface area contributed by atoms with Gasteiger partial charge in [-0.2, -0.15) is 0 Å². The average Bonchev–Trinajstić information content (AvgIpc) is 2.20. The monoisotopic (exact) mass is 248 g/mol. The molecule has 0 atom stereocenters. The highest BCUT2D eigenvalue weighted by molar-refractivity contribution is 5.33. The lowest BCUT2D eigenvalue weighted by molar-refractivity contribution is 0.232. The second-order valence-corrected chi connectivity index (χ2v) is 6.38. The molecule has 0 saturated heterocycles. The summed E-state index contributed by atoms with van der Waals surface area (Å²) < 4.78 is 0. The normalized spacial score (nSPS) is 12.2. The molecule has 0 aliphatic carbocycles. The highest BCUT2D eigenvalue weighted by Gasteiger charge is 2.18. The van der Waals surface area contributed by atoms with Gasteiger partial charge in [0.1, 0.15) is 0 Å². The topological polar surface area (TPSA) is 15.3 Å². The smallest absolute Gasteiger partial charge is 0.0210 e. The maximum absolute atomic E-state index is 3.60. The standard InChI is InChI=1S/C16H28N2/c1-13-8-7-9-14(2)15(13)10-17-11-16(3,4)12-18(5)6/h7-9,17H,10-12H2,1-6H3. The lowest BCUT2D eigenvalue weighted by Crippen LogP contribution is -2.37. The number of rotatable bonds is 6. The van der Waals surface area contributed by atoms with Crippen molar-refractivity contribution in [2.45, 2.75) is 34.2 Å². The molecule has 1 rings (SSSR count). The van der Waals surface area contributed by atoms with Crippen LogP contribution in [0.15, 0.2) is 18.2 Å². The zero-order valence-corrected chi connectivity index (χ0v) is 12.8. The van der Waals surface area contributed by atoms with Gasteiger partial charge in [0, 0.05) is 19.6 Å². The quantitative estimate of drug-likeness (QED) is 0.832. The molecule has 0 amide bonds. The molecule has 0 heterocycles. The summed E-state index contributed by atoms with van der Waals surface area (Å²) in [6.07, 6.45) is 0. The molecule has 1 N–H and O–H groups in total. The number of hydrogen-bond donors (Lipinski definition) is 1. The molecular formula is C16H28N2. The van der Waals surface area contributed by atoms with E-state index in [1.165, 1.54) is 16.7 Å². The third-order valence-corrected chi connectivity index (χ3v) is 3.29. The molecule has 1 aromatic carbocycles. The Morgan fingerprint density at radius 1 is 1.11 bits per heavy atom. The van der Waals surface area contributed by atoms with Crippen LogP contribution in [-0.2, 0) is 6.54 Å². The van der Waals surface area contributed by atoms with E-state index in [-0.39, 0.29) is 0 Å². The fourth-order valence-electron chi connectivity index (χ4n) is 2.57. The van der Waals surface area contributed by atoms with Gasteiger partial charge >= 0.3 is 0 Å². The van der Waals surface area contributed by atoms with Crippen LogP contribution in [0.3, 0.4) is 0 Å². The third kappa shape index (κ3) is 4.79. The summed E-state index contributed by atoms with van der Waals surface area (Å²) in [6, 6.07) is 6.51. The van der Waals surface area contributed by atoms with E-state index in [4.69, 9.17) is 0 Å². The Morgan fingerprint density at radius 2 is 1.67 bits per heavy atom. The number of nitrogens with one attached hydrogen (secondary N) is 1. The maximum Gasteiger partial charge on any atom is 0.0210 e. The highest BCUT2D eigenvalue weighted by Crippen LogP contribution is 2.16. The Labute approximate surface area is 112 Å². The van der Waals surface area contributed by atoms with Crippen LogP contribution in [0.25, 0.3) is 0 Å². The van der Waals surface area contributed by atoms with Crippen molar-refractivity contribution < 1.29 is 0 Å². The molecule has 0 aromatic heterocycles. The van der Waals surface area contributed by atoms with Crippen LogP contribution in [0.5, 0.6) is 0 Å². The van der Waals surface area contributed by atoms with E-state index < -0.39 is 0 Å². The zero-order chi connectivity index (χ0) is 13.8. The van der Waals surface area contributed by atoms with Crippen LogP contribution in [0.4, 0.5) is 0 Å². The van der Waals surface area contributed by atoms with Crippen molar-refractivity contribution in [1.29, 1.82) is 0 Å². The van der Waals surface area contributed by atoms with Crippen molar-refractivity contribution >= 4 is 0 Å². The fraction of sp³-hybridized carbons (Fsp3) is 0.625. The molecule has 2 heteroatoms. The molecule has 2 nitrogen and oxygen atoms in total. The summed E-state index contributed by atoms with van der Waals surface area (Å²) in [5.74, 6) is 0. The molecule has 0 bridgehead atoms. The van der Waals surface area contributed by atoms with Crippen molar-refractivity contribution in [3.63, 3.8) is 0 Å². The molecule has 0 unspecified atom stereocenters. The van der Waals surface area contributed by atoms with Gasteiger partial charge in [-0.1, -0.05) is 32.0 Å². The Morgan fingerprint density at radius 3 is 2.17 bits per heavy atom. The van der Waals surface area contributed by atoms with Crippen molar-refractivity contribution in [3.8, 4) is 0 Å². The minimum Gasteiger partial charge on any atom is -0.312 e. The van der Waals surface area contributed by atoms with Gasteiger partial charge in [-0.3, -0.25) is 0 Å². The Hall–Kier alpha value is -0.860. The highest BCUT2D eigenvalue weighted by atomic mass is 15.1. The van der Waals surface area contributed by atoms with Crippen molar-refractivity contribution in [3.05, 3.63) is 34.9 Å². The third-order valence-electron chi connectivity index (χ3n) is 3.29. The largest absolute Gasteiger partial charge is 0.312 e. The van der Waals surface area contributed by atoms with Crippen LogP contribution in [0, 0.1) is 19.3 Å². The van der Waals surface area contributed by atoms with E-state index in [0.717, 1.165) is 19.6 Å². The van der Waals surface area contributed by atoms with Gasteiger partial charge in [-0.05, 0) is 50.0 Å². The van der Waals surface area contributed by atoms with E-state index in [2.05, 4.69) is 70.2 Å². The minimum absolute atomic E-state index is 0.306. The predicted octanol–water partition coefficient (Wildman–Crippen LogP) is 2.98. The summed E-state index contributed by atoms with van der Waals surface area (Å²) in [6.45, 7) is 12.1. The van der Waals surface area contributed by atoms with Crippen molar-refractivity contribution in [2.24, 2.45) is 5.41 Å². The Bertz CT molecular complexity index is 360. The molecule has 0 fully saturated rings. The molecule has 102 valence electrons. The zero-order valence-electron chi connectivity index (χ0n) is 12.8. The Balaban J connectivity index is 2.51. The predicted molar refractivity (Wildman–Crippen MR) is 80.0 cm³/mol. The lowest BCUT2D eigenvalue weighted by atomic mass is 9.92. The molecular weight excluding hydrogens is 220 g/mol. The maximum atomic E-state index is 3.60. The SMILES string of the molecule is Cc1cccc(C)c1CNCC(C)(C)CN(C)C. The summed E-state index contributed by atoms with van der Waals surface area (Å²) >= 11 is 0. The van der Waals surface area contributed by atoms with Crippen LogP contribution in [0.1, 0.15) is 30.5 Å². The Kier molecular flexibility index (Phi) is 5.36. The number of hydrogen-bond acceptors (Lipinski definition) is 2.